The van der Waals surface area contributed by atoms with Crippen molar-refractivity contribution in [2.45, 2.75) is 19.5 Å². The van der Waals surface area contributed by atoms with Crippen LogP contribution in [0.3, 0.4) is 0 Å². The Balaban J connectivity index is 1.54. The second kappa shape index (κ2) is 8.88. The van der Waals surface area contributed by atoms with Crippen molar-refractivity contribution in [3.05, 3.63) is 101 Å². The Morgan fingerprint density at radius 3 is 2.50 bits per heavy atom. The Kier molecular flexibility index (Phi) is 5.86. The predicted molar refractivity (Wildman–Crippen MR) is 119 cm³/mol. The Morgan fingerprint density at radius 2 is 1.80 bits per heavy atom. The van der Waals surface area contributed by atoms with Crippen molar-refractivity contribution in [2.75, 3.05) is 0 Å². The fourth-order valence-corrected chi connectivity index (χ4v) is 4.08. The van der Waals surface area contributed by atoms with Gasteiger partial charge in [0.2, 0.25) is 0 Å². The van der Waals surface area contributed by atoms with Crippen LogP contribution in [0.1, 0.15) is 25.6 Å². The molecule has 0 saturated heterocycles. The zero-order chi connectivity index (χ0) is 20.9. The lowest BCUT2D eigenvalue weighted by Crippen LogP contribution is -2.43. The summed E-state index contributed by atoms with van der Waals surface area (Å²) in [5.41, 5.74) is 2.82. The predicted octanol–water partition coefficient (Wildman–Crippen LogP) is 4.60. The number of thiophene rings is 1. The van der Waals surface area contributed by atoms with Gasteiger partial charge >= 0.3 is 0 Å². The Hall–Kier alpha value is -3.51. The first-order valence-electron chi connectivity index (χ1n) is 9.63. The van der Waals surface area contributed by atoms with Crippen LogP contribution in [-0.4, -0.2) is 27.3 Å². The molecule has 2 heterocycles. The molecule has 0 bridgehead atoms. The van der Waals surface area contributed by atoms with Crippen molar-refractivity contribution >= 4 is 23.0 Å². The molecule has 1 amide bonds. The van der Waals surface area contributed by atoms with Crippen LogP contribution < -0.4 is 5.32 Å². The van der Waals surface area contributed by atoms with E-state index < -0.39 is 6.04 Å². The smallest absolute Gasteiger partial charge is 0.262 e. The molecule has 1 unspecified atom stereocenters. The minimum atomic E-state index is -0.695. The van der Waals surface area contributed by atoms with E-state index in [0.717, 1.165) is 10.4 Å². The van der Waals surface area contributed by atoms with Crippen LogP contribution in [0, 0.1) is 6.92 Å². The zero-order valence-corrected chi connectivity index (χ0v) is 17.3. The first-order valence-corrected chi connectivity index (χ1v) is 10.4. The van der Waals surface area contributed by atoms with Crippen molar-refractivity contribution < 1.29 is 9.59 Å². The number of aryl methyl sites for hydroxylation is 1. The number of rotatable bonds is 7. The average molecular weight is 416 g/mol. The third-order valence-corrected chi connectivity index (χ3v) is 5.93. The molecule has 1 atom stereocenters. The number of nitrogens with one attached hydrogen (secondary N) is 1. The Morgan fingerprint density at radius 1 is 1.03 bits per heavy atom. The number of hydrogen-bond donors (Lipinski definition) is 1. The lowest BCUT2D eigenvalue weighted by Gasteiger charge is -2.18. The number of carbonyl (C=O) groups excluding carboxylic acids is 2. The molecule has 0 saturated carbocycles. The van der Waals surface area contributed by atoms with Crippen LogP contribution in [-0.2, 0) is 6.54 Å². The summed E-state index contributed by atoms with van der Waals surface area (Å²) in [6.45, 7) is 2.36. The standard InChI is InChI=1S/C24H21N3O2S/c1-17-7-9-18(10-8-17)21-11-12-22(30-21)24(29)26-20(15-27-14-13-25-16-27)23(28)19-5-3-2-4-6-19/h2-14,16,20H,15H2,1H3,(H,26,29). The second-order valence-corrected chi connectivity index (χ2v) is 8.13. The van der Waals surface area contributed by atoms with Gasteiger partial charge in [0.1, 0.15) is 6.04 Å². The largest absolute Gasteiger partial charge is 0.339 e. The maximum absolute atomic E-state index is 13.1. The minimum Gasteiger partial charge on any atom is -0.339 e. The van der Waals surface area contributed by atoms with E-state index >= 15 is 0 Å². The number of Topliss-reactive ketones (excluding diaryl/α,β-unsaturated/α-hetero) is 1. The van der Waals surface area contributed by atoms with Gasteiger partial charge in [0.15, 0.2) is 5.78 Å². The molecule has 2 aromatic carbocycles. The van der Waals surface area contributed by atoms with Crippen LogP contribution in [0.15, 0.2) is 85.5 Å². The summed E-state index contributed by atoms with van der Waals surface area (Å²) in [6, 6.07) is 20.2. The van der Waals surface area contributed by atoms with E-state index in [-0.39, 0.29) is 11.7 Å². The molecule has 30 heavy (non-hydrogen) atoms. The summed E-state index contributed by atoms with van der Waals surface area (Å²) in [7, 11) is 0. The summed E-state index contributed by atoms with van der Waals surface area (Å²) in [6.07, 6.45) is 5.06. The molecule has 0 aliphatic rings. The van der Waals surface area contributed by atoms with Gasteiger partial charge in [-0.3, -0.25) is 9.59 Å². The van der Waals surface area contributed by atoms with Crippen LogP contribution in [0.4, 0.5) is 0 Å². The Labute approximate surface area is 179 Å². The van der Waals surface area contributed by atoms with E-state index in [9.17, 15) is 9.59 Å². The molecule has 2 aromatic heterocycles. The SMILES string of the molecule is Cc1ccc(-c2ccc(C(=O)NC(Cn3ccnc3)C(=O)c3ccccc3)s2)cc1. The van der Waals surface area contributed by atoms with Gasteiger partial charge in [-0.25, -0.2) is 4.98 Å². The van der Waals surface area contributed by atoms with Crippen molar-refractivity contribution in [2.24, 2.45) is 0 Å². The number of imidazole rings is 1. The molecular formula is C24H21N3O2S. The van der Waals surface area contributed by atoms with Crippen LogP contribution in [0.2, 0.25) is 0 Å². The fourth-order valence-electron chi connectivity index (χ4n) is 3.17. The monoisotopic (exact) mass is 415 g/mol. The molecule has 0 aliphatic carbocycles. The number of benzene rings is 2. The molecule has 0 radical (unpaired) electrons. The molecule has 0 fully saturated rings. The quantitative estimate of drug-likeness (QED) is 0.449. The second-order valence-electron chi connectivity index (χ2n) is 7.05. The van der Waals surface area contributed by atoms with Gasteiger partial charge in [-0.2, -0.15) is 0 Å². The highest BCUT2D eigenvalue weighted by atomic mass is 32.1. The molecule has 0 spiro atoms. The van der Waals surface area contributed by atoms with Gasteiger partial charge in [-0.15, -0.1) is 11.3 Å². The maximum atomic E-state index is 13.1. The lowest BCUT2D eigenvalue weighted by molar-refractivity contribution is 0.0850. The molecule has 5 nitrogen and oxygen atoms in total. The van der Waals surface area contributed by atoms with Crippen LogP contribution >= 0.6 is 11.3 Å². The highest BCUT2D eigenvalue weighted by Crippen LogP contribution is 2.28. The first-order chi connectivity index (χ1) is 14.6. The third-order valence-electron chi connectivity index (χ3n) is 4.80. The van der Waals surface area contributed by atoms with Crippen LogP contribution in [0.5, 0.6) is 0 Å². The van der Waals surface area contributed by atoms with Crippen molar-refractivity contribution in [1.29, 1.82) is 0 Å². The van der Waals surface area contributed by atoms with Gasteiger partial charge in [-0.05, 0) is 24.6 Å². The van der Waals surface area contributed by atoms with Crippen molar-refractivity contribution in [3.8, 4) is 10.4 Å². The summed E-state index contributed by atoms with van der Waals surface area (Å²) >= 11 is 1.41. The first kappa shape index (κ1) is 19.8. The normalized spacial score (nSPS) is 11.8. The van der Waals surface area contributed by atoms with E-state index in [1.807, 2.05) is 43.3 Å². The summed E-state index contributed by atoms with van der Waals surface area (Å²) in [5, 5.41) is 2.92. The number of ketones is 1. The lowest BCUT2D eigenvalue weighted by atomic mass is 10.0. The molecule has 4 rings (SSSR count). The topological polar surface area (TPSA) is 64.0 Å². The molecule has 150 valence electrons. The van der Waals surface area contributed by atoms with Crippen molar-refractivity contribution in [1.82, 2.24) is 14.9 Å². The number of amides is 1. The van der Waals surface area contributed by atoms with E-state index in [0.29, 0.717) is 17.0 Å². The zero-order valence-electron chi connectivity index (χ0n) is 16.5. The highest BCUT2D eigenvalue weighted by molar-refractivity contribution is 7.17. The molecular weight excluding hydrogens is 394 g/mol. The number of nitrogens with zero attached hydrogens (tertiary/aromatic N) is 2. The van der Waals surface area contributed by atoms with Gasteiger partial charge < -0.3 is 9.88 Å². The van der Waals surface area contributed by atoms with Crippen LogP contribution in [0.25, 0.3) is 10.4 Å². The average Bonchev–Trinajstić information content (AvgIpc) is 3.46. The summed E-state index contributed by atoms with van der Waals surface area (Å²) in [4.78, 5) is 31.6. The van der Waals surface area contributed by atoms with Gasteiger partial charge in [0.25, 0.3) is 5.91 Å². The molecule has 6 heteroatoms. The third kappa shape index (κ3) is 4.55. The maximum Gasteiger partial charge on any atom is 0.262 e. The van der Waals surface area contributed by atoms with E-state index in [1.54, 1.807) is 41.5 Å². The summed E-state index contributed by atoms with van der Waals surface area (Å²) in [5.74, 6) is -0.388. The molecule has 1 N–H and O–H groups in total. The van der Waals surface area contributed by atoms with E-state index in [2.05, 4.69) is 22.4 Å². The summed E-state index contributed by atoms with van der Waals surface area (Å²) < 4.78 is 1.79. The molecule has 4 aromatic rings. The number of carbonyl (C=O) groups is 2. The van der Waals surface area contributed by atoms with Gasteiger partial charge in [0, 0.05) is 22.8 Å². The fraction of sp³-hybridized carbons (Fsp3) is 0.125. The molecule has 0 aliphatic heterocycles. The minimum absolute atomic E-state index is 0.132. The number of aromatic nitrogens is 2. The van der Waals surface area contributed by atoms with Gasteiger partial charge in [-0.1, -0.05) is 60.2 Å². The van der Waals surface area contributed by atoms with Gasteiger partial charge in [0.05, 0.1) is 17.7 Å². The Bertz CT molecular complexity index is 1130. The van der Waals surface area contributed by atoms with E-state index in [4.69, 9.17) is 0 Å². The highest BCUT2D eigenvalue weighted by Gasteiger charge is 2.24. The number of hydrogen-bond acceptors (Lipinski definition) is 4. The van der Waals surface area contributed by atoms with E-state index in [1.165, 1.54) is 16.9 Å². The van der Waals surface area contributed by atoms with Crippen molar-refractivity contribution in [3.63, 3.8) is 0 Å².